The van der Waals surface area contributed by atoms with E-state index in [1.165, 1.54) is 37.3 Å². The van der Waals surface area contributed by atoms with Gasteiger partial charge in [0.1, 0.15) is 6.33 Å². The quantitative estimate of drug-likeness (QED) is 0.780. The molecule has 0 amide bonds. The number of hydrogen-bond acceptors (Lipinski definition) is 5. The van der Waals surface area contributed by atoms with Gasteiger partial charge in [0.25, 0.3) is 0 Å². The van der Waals surface area contributed by atoms with Gasteiger partial charge in [-0.2, -0.15) is 4.37 Å². The topological polar surface area (TPSA) is 37.8 Å². The van der Waals surface area contributed by atoms with E-state index in [0.29, 0.717) is 6.04 Å². The van der Waals surface area contributed by atoms with Crippen molar-refractivity contribution in [3.05, 3.63) is 6.33 Å². The summed E-state index contributed by atoms with van der Waals surface area (Å²) in [7, 11) is 0. The van der Waals surface area contributed by atoms with Crippen molar-refractivity contribution >= 4 is 23.3 Å². The van der Waals surface area contributed by atoms with Gasteiger partial charge in [0.05, 0.1) is 0 Å². The van der Waals surface area contributed by atoms with Crippen molar-refractivity contribution in [2.75, 3.05) is 12.3 Å². The summed E-state index contributed by atoms with van der Waals surface area (Å²) in [6.45, 7) is 1.18. The summed E-state index contributed by atoms with van der Waals surface area (Å²) in [5.74, 6) is 1.13. The van der Waals surface area contributed by atoms with Gasteiger partial charge in [-0.1, -0.05) is 18.2 Å². The Kier molecular flexibility index (Phi) is 3.57. The minimum absolute atomic E-state index is 0.683. The summed E-state index contributed by atoms with van der Waals surface area (Å²) in [6, 6.07) is 0.683. The highest BCUT2D eigenvalue weighted by atomic mass is 32.2. The molecule has 1 aromatic rings. The second kappa shape index (κ2) is 4.93. The maximum Gasteiger partial charge on any atom is 0.169 e. The zero-order chi connectivity index (χ0) is 8.93. The maximum absolute atomic E-state index is 4.14. The third kappa shape index (κ3) is 2.93. The average Bonchev–Trinajstić information content (AvgIpc) is 2.69. The van der Waals surface area contributed by atoms with Crippen LogP contribution in [0.15, 0.2) is 10.7 Å². The lowest BCUT2D eigenvalue weighted by molar-refractivity contribution is 0.430. The first kappa shape index (κ1) is 9.43. The van der Waals surface area contributed by atoms with Gasteiger partial charge >= 0.3 is 0 Å². The number of piperidine rings is 1. The third-order valence-electron chi connectivity index (χ3n) is 2.16. The molecule has 2 rings (SSSR count). The minimum Gasteiger partial charge on any atom is -0.313 e. The van der Waals surface area contributed by atoms with Crippen LogP contribution in [-0.2, 0) is 0 Å². The van der Waals surface area contributed by atoms with E-state index >= 15 is 0 Å². The summed E-state index contributed by atoms with van der Waals surface area (Å²) in [6.07, 6.45) is 5.64. The molecular formula is C8H13N3S2. The summed E-state index contributed by atoms with van der Waals surface area (Å²) in [4.78, 5) is 4.14. The molecule has 0 aliphatic carbocycles. The van der Waals surface area contributed by atoms with Crippen LogP contribution >= 0.6 is 23.3 Å². The number of hydrogen-bond donors (Lipinski definition) is 1. The lowest BCUT2D eigenvalue weighted by atomic mass is 10.1. The van der Waals surface area contributed by atoms with Crippen LogP contribution in [0.3, 0.4) is 0 Å². The van der Waals surface area contributed by atoms with E-state index in [4.69, 9.17) is 0 Å². The number of nitrogens with zero attached hydrogens (tertiary/aromatic N) is 2. The lowest BCUT2D eigenvalue weighted by Gasteiger charge is -2.22. The minimum atomic E-state index is 0.683. The van der Waals surface area contributed by atoms with E-state index in [9.17, 15) is 0 Å². The van der Waals surface area contributed by atoms with E-state index in [1.807, 2.05) is 11.8 Å². The molecule has 72 valence electrons. The number of nitrogens with one attached hydrogen (secondary N) is 1. The molecule has 0 radical (unpaired) electrons. The monoisotopic (exact) mass is 215 g/mol. The lowest BCUT2D eigenvalue weighted by Crippen LogP contribution is -2.35. The SMILES string of the molecule is c1nsc(SCC2CCCCN2)n1. The molecule has 0 spiro atoms. The zero-order valence-corrected chi connectivity index (χ0v) is 9.03. The van der Waals surface area contributed by atoms with Crippen molar-refractivity contribution in [2.24, 2.45) is 0 Å². The van der Waals surface area contributed by atoms with Crippen LogP contribution in [0, 0.1) is 0 Å². The number of rotatable bonds is 3. The molecule has 1 unspecified atom stereocenters. The van der Waals surface area contributed by atoms with Crippen molar-refractivity contribution in [1.29, 1.82) is 0 Å². The van der Waals surface area contributed by atoms with Crippen LogP contribution in [0.5, 0.6) is 0 Å². The molecule has 1 aromatic heterocycles. The molecule has 13 heavy (non-hydrogen) atoms. The molecule has 0 saturated carbocycles. The van der Waals surface area contributed by atoms with Crippen LogP contribution in [0.2, 0.25) is 0 Å². The predicted octanol–water partition coefficient (Wildman–Crippen LogP) is 1.77. The fourth-order valence-electron chi connectivity index (χ4n) is 1.46. The highest BCUT2D eigenvalue weighted by Gasteiger charge is 2.12. The van der Waals surface area contributed by atoms with Gasteiger partial charge in [0.2, 0.25) is 0 Å². The predicted molar refractivity (Wildman–Crippen MR) is 56.3 cm³/mol. The second-order valence-corrected chi connectivity index (χ2v) is 5.21. The number of thioether (sulfide) groups is 1. The molecule has 1 aliphatic rings. The Balaban J connectivity index is 1.72. The van der Waals surface area contributed by atoms with Crippen molar-refractivity contribution in [2.45, 2.75) is 29.6 Å². The highest BCUT2D eigenvalue weighted by molar-refractivity contribution is 8.00. The number of aromatic nitrogens is 2. The van der Waals surface area contributed by atoms with E-state index in [1.54, 1.807) is 6.33 Å². The Labute approximate surface area is 86.5 Å². The first-order valence-corrected chi connectivity index (χ1v) is 6.34. The van der Waals surface area contributed by atoms with Gasteiger partial charge in [-0.25, -0.2) is 4.98 Å². The van der Waals surface area contributed by atoms with Crippen molar-refractivity contribution < 1.29 is 0 Å². The molecule has 1 N–H and O–H groups in total. The van der Waals surface area contributed by atoms with Crippen LogP contribution in [-0.4, -0.2) is 27.7 Å². The van der Waals surface area contributed by atoms with Crippen molar-refractivity contribution in [1.82, 2.24) is 14.7 Å². The summed E-state index contributed by atoms with van der Waals surface area (Å²) < 4.78 is 5.07. The third-order valence-corrected chi connectivity index (χ3v) is 4.12. The second-order valence-electron chi connectivity index (χ2n) is 3.17. The smallest absolute Gasteiger partial charge is 0.169 e. The maximum atomic E-state index is 4.14. The van der Waals surface area contributed by atoms with Crippen molar-refractivity contribution in [3.63, 3.8) is 0 Å². The normalized spacial score (nSPS) is 23.2. The average molecular weight is 215 g/mol. The molecule has 1 fully saturated rings. The Morgan fingerprint density at radius 3 is 3.31 bits per heavy atom. The molecule has 3 nitrogen and oxygen atoms in total. The van der Waals surface area contributed by atoms with E-state index in [0.717, 1.165) is 10.1 Å². The highest BCUT2D eigenvalue weighted by Crippen LogP contribution is 2.21. The van der Waals surface area contributed by atoms with Crippen LogP contribution in [0.1, 0.15) is 19.3 Å². The van der Waals surface area contributed by atoms with Crippen LogP contribution in [0.25, 0.3) is 0 Å². The zero-order valence-electron chi connectivity index (χ0n) is 7.40. The first-order chi connectivity index (χ1) is 6.45. The van der Waals surface area contributed by atoms with Gasteiger partial charge in [-0.15, -0.1) is 0 Å². The van der Waals surface area contributed by atoms with Gasteiger partial charge in [-0.3, -0.25) is 0 Å². The van der Waals surface area contributed by atoms with Gasteiger partial charge in [0.15, 0.2) is 4.34 Å². The molecule has 1 aliphatic heterocycles. The Morgan fingerprint density at radius 1 is 1.62 bits per heavy atom. The molecule has 2 heterocycles. The van der Waals surface area contributed by atoms with Gasteiger partial charge in [-0.05, 0) is 30.9 Å². The summed E-state index contributed by atoms with van der Waals surface area (Å²) in [5.41, 5.74) is 0. The Morgan fingerprint density at radius 2 is 2.62 bits per heavy atom. The van der Waals surface area contributed by atoms with Crippen LogP contribution < -0.4 is 5.32 Å². The van der Waals surface area contributed by atoms with Crippen molar-refractivity contribution in [3.8, 4) is 0 Å². The van der Waals surface area contributed by atoms with Gasteiger partial charge < -0.3 is 5.32 Å². The largest absolute Gasteiger partial charge is 0.313 e. The molecule has 0 aromatic carbocycles. The standard InChI is InChI=1S/C8H13N3S2/c1-2-4-9-7(3-1)5-12-8-10-6-11-13-8/h6-7,9H,1-5H2. The first-order valence-electron chi connectivity index (χ1n) is 4.58. The summed E-state index contributed by atoms with van der Waals surface area (Å²) >= 11 is 3.30. The van der Waals surface area contributed by atoms with Crippen LogP contribution in [0.4, 0.5) is 0 Å². The molecule has 1 atom stereocenters. The van der Waals surface area contributed by atoms with E-state index in [-0.39, 0.29) is 0 Å². The summed E-state index contributed by atoms with van der Waals surface area (Å²) in [5, 5.41) is 3.52. The fourth-order valence-corrected chi connectivity index (χ4v) is 3.04. The molecular weight excluding hydrogens is 202 g/mol. The molecule has 5 heteroatoms. The Hall–Kier alpha value is -0.130. The molecule has 0 bridgehead atoms. The Bertz CT molecular complexity index is 232. The van der Waals surface area contributed by atoms with Gasteiger partial charge in [0, 0.05) is 11.8 Å². The fraction of sp³-hybridized carbons (Fsp3) is 0.750. The van der Waals surface area contributed by atoms with E-state index in [2.05, 4.69) is 14.7 Å². The molecule has 1 saturated heterocycles. The van der Waals surface area contributed by atoms with E-state index < -0.39 is 0 Å².